The van der Waals surface area contributed by atoms with E-state index in [1.54, 1.807) is 6.07 Å². The van der Waals surface area contributed by atoms with Crippen molar-refractivity contribution in [2.24, 2.45) is 0 Å². The molecule has 3 nitrogen and oxygen atoms in total. The molecule has 4 heteroatoms. The number of hydrogen-bond donors (Lipinski definition) is 0. The van der Waals surface area contributed by atoms with Crippen LogP contribution in [0.2, 0.25) is 0 Å². The van der Waals surface area contributed by atoms with E-state index in [1.165, 1.54) is 25.3 Å². The average Bonchev–Trinajstić information content (AvgIpc) is 2.16. The summed E-state index contributed by atoms with van der Waals surface area (Å²) in [5.74, 6) is -0.744. The van der Waals surface area contributed by atoms with Crippen molar-refractivity contribution in [3.8, 4) is 5.75 Å². The molecule has 1 aromatic rings. The van der Waals surface area contributed by atoms with Gasteiger partial charge in [0.2, 0.25) is 0 Å². The van der Waals surface area contributed by atoms with E-state index in [1.807, 2.05) is 0 Å². The molecule has 0 heterocycles. The van der Waals surface area contributed by atoms with Crippen molar-refractivity contribution in [2.75, 3.05) is 7.11 Å². The lowest BCUT2D eigenvalue weighted by molar-refractivity contribution is -0.124. The monoisotopic (exact) mass is 182 g/mol. The van der Waals surface area contributed by atoms with Gasteiger partial charge in [-0.3, -0.25) is 9.59 Å². The van der Waals surface area contributed by atoms with E-state index in [2.05, 4.69) is 0 Å². The largest absolute Gasteiger partial charge is 0.497 e. The first kappa shape index (κ1) is 9.38. The van der Waals surface area contributed by atoms with Gasteiger partial charge in [0.1, 0.15) is 5.75 Å². The van der Waals surface area contributed by atoms with Crippen LogP contribution in [-0.2, 0) is 4.79 Å². The fourth-order valence-electron chi connectivity index (χ4n) is 0.878. The van der Waals surface area contributed by atoms with Gasteiger partial charge >= 0.3 is 6.04 Å². The maximum atomic E-state index is 12.0. The molecule has 0 bridgehead atoms. The lowest BCUT2D eigenvalue weighted by Crippen LogP contribution is -2.08. The van der Waals surface area contributed by atoms with Gasteiger partial charge in [-0.2, -0.15) is 4.39 Å². The lowest BCUT2D eigenvalue weighted by atomic mass is 10.1. The van der Waals surface area contributed by atoms with Crippen molar-refractivity contribution in [3.05, 3.63) is 29.8 Å². The number of ketones is 1. The number of carbonyl (C=O) groups is 2. The van der Waals surface area contributed by atoms with Gasteiger partial charge in [-0.1, -0.05) is 12.1 Å². The molecule has 68 valence electrons. The van der Waals surface area contributed by atoms with E-state index in [4.69, 9.17) is 4.74 Å². The van der Waals surface area contributed by atoms with Crippen molar-refractivity contribution in [2.45, 2.75) is 0 Å². The first-order valence-electron chi connectivity index (χ1n) is 3.53. The Morgan fingerprint density at radius 3 is 2.62 bits per heavy atom. The molecular weight excluding hydrogens is 175 g/mol. The quantitative estimate of drug-likeness (QED) is 0.403. The highest BCUT2D eigenvalue weighted by Gasteiger charge is 2.15. The van der Waals surface area contributed by atoms with Gasteiger partial charge in [0.15, 0.2) is 0 Å². The van der Waals surface area contributed by atoms with E-state index < -0.39 is 11.8 Å². The van der Waals surface area contributed by atoms with Crippen LogP contribution < -0.4 is 4.74 Å². The summed E-state index contributed by atoms with van der Waals surface area (Å²) < 4.78 is 16.8. The summed E-state index contributed by atoms with van der Waals surface area (Å²) in [6.45, 7) is 0. The zero-order valence-corrected chi connectivity index (χ0v) is 6.91. The van der Waals surface area contributed by atoms with Crippen molar-refractivity contribution in [1.29, 1.82) is 0 Å². The first-order valence-corrected chi connectivity index (χ1v) is 3.53. The second-order valence-corrected chi connectivity index (χ2v) is 2.33. The van der Waals surface area contributed by atoms with Gasteiger partial charge < -0.3 is 4.74 Å². The predicted molar refractivity (Wildman–Crippen MR) is 43.4 cm³/mol. The SMILES string of the molecule is COc1cccc(C(=O)C(=O)F)c1. The van der Waals surface area contributed by atoms with E-state index in [-0.39, 0.29) is 5.56 Å². The van der Waals surface area contributed by atoms with Crippen molar-refractivity contribution in [1.82, 2.24) is 0 Å². The molecule has 0 aliphatic carbocycles. The summed E-state index contributed by atoms with van der Waals surface area (Å²) >= 11 is 0. The molecule has 0 aromatic heterocycles. The van der Waals surface area contributed by atoms with Gasteiger partial charge in [0, 0.05) is 5.56 Å². The molecule has 0 fully saturated rings. The Morgan fingerprint density at radius 1 is 1.38 bits per heavy atom. The summed E-state index contributed by atoms with van der Waals surface area (Å²) in [6, 6.07) is 3.80. The van der Waals surface area contributed by atoms with Crippen molar-refractivity contribution < 1.29 is 18.7 Å². The topological polar surface area (TPSA) is 43.4 Å². The summed E-state index contributed by atoms with van der Waals surface area (Å²) in [6.07, 6.45) is 0. The minimum atomic E-state index is -1.96. The molecule has 13 heavy (non-hydrogen) atoms. The Hall–Kier alpha value is -1.71. The Kier molecular flexibility index (Phi) is 2.74. The van der Waals surface area contributed by atoms with Crippen LogP contribution in [0.15, 0.2) is 24.3 Å². The van der Waals surface area contributed by atoms with Crippen LogP contribution in [0.3, 0.4) is 0 Å². The minimum Gasteiger partial charge on any atom is -0.497 e. The molecule has 0 radical (unpaired) electrons. The van der Waals surface area contributed by atoms with Crippen LogP contribution in [0.25, 0.3) is 0 Å². The molecule has 1 rings (SSSR count). The average molecular weight is 182 g/mol. The highest BCUT2D eigenvalue weighted by Crippen LogP contribution is 2.13. The zero-order valence-electron chi connectivity index (χ0n) is 6.91. The van der Waals surface area contributed by atoms with E-state index in [0.717, 1.165) is 0 Å². The molecule has 0 spiro atoms. The number of rotatable bonds is 3. The van der Waals surface area contributed by atoms with Crippen LogP contribution in [0.5, 0.6) is 5.75 Å². The Labute approximate surface area is 74.1 Å². The highest BCUT2D eigenvalue weighted by molar-refractivity contribution is 6.40. The molecule has 0 N–H and O–H groups in total. The number of Topliss-reactive ketones (excluding diaryl/α,β-unsaturated/α-hetero) is 1. The summed E-state index contributed by atoms with van der Waals surface area (Å²) in [5.41, 5.74) is -0.00755. The second kappa shape index (κ2) is 3.80. The van der Waals surface area contributed by atoms with E-state index >= 15 is 0 Å². The van der Waals surface area contributed by atoms with Crippen molar-refractivity contribution in [3.63, 3.8) is 0 Å². The highest BCUT2D eigenvalue weighted by atomic mass is 19.1. The third-order valence-corrected chi connectivity index (χ3v) is 1.51. The maximum Gasteiger partial charge on any atom is 0.372 e. The van der Waals surface area contributed by atoms with Gasteiger partial charge in [-0.15, -0.1) is 0 Å². The molecule has 0 aliphatic rings. The maximum absolute atomic E-state index is 12.0. The molecule has 0 amide bonds. The fourth-order valence-corrected chi connectivity index (χ4v) is 0.878. The lowest BCUT2D eigenvalue weighted by Gasteiger charge is -1.99. The fraction of sp³-hybridized carbons (Fsp3) is 0.111. The molecular formula is C9H7FO3. The normalized spacial score (nSPS) is 9.38. The van der Waals surface area contributed by atoms with Crippen LogP contribution in [0.4, 0.5) is 4.39 Å². The number of methoxy groups -OCH3 is 1. The van der Waals surface area contributed by atoms with Crippen LogP contribution in [0, 0.1) is 0 Å². The molecule has 0 saturated carbocycles. The van der Waals surface area contributed by atoms with Gasteiger partial charge in [-0.05, 0) is 12.1 Å². The summed E-state index contributed by atoms with van der Waals surface area (Å²) in [7, 11) is 1.42. The molecule has 0 atom stereocenters. The van der Waals surface area contributed by atoms with Crippen molar-refractivity contribution >= 4 is 11.8 Å². The molecule has 0 unspecified atom stereocenters. The summed E-state index contributed by atoms with van der Waals surface area (Å²) in [4.78, 5) is 20.9. The zero-order chi connectivity index (χ0) is 9.84. The number of halogens is 1. The van der Waals surface area contributed by atoms with Gasteiger partial charge in [0.05, 0.1) is 7.11 Å². The third-order valence-electron chi connectivity index (χ3n) is 1.51. The Morgan fingerprint density at radius 2 is 2.08 bits per heavy atom. The minimum absolute atomic E-state index is 0.00755. The number of ether oxygens (including phenoxy) is 1. The predicted octanol–water partition coefficient (Wildman–Crippen LogP) is 1.37. The van der Waals surface area contributed by atoms with Crippen LogP contribution in [0.1, 0.15) is 10.4 Å². The molecule has 0 aliphatic heterocycles. The molecule has 1 aromatic carbocycles. The van der Waals surface area contributed by atoms with Gasteiger partial charge in [-0.25, -0.2) is 0 Å². The first-order chi connectivity index (χ1) is 6.15. The van der Waals surface area contributed by atoms with Crippen LogP contribution in [-0.4, -0.2) is 18.9 Å². The summed E-state index contributed by atoms with van der Waals surface area (Å²) in [5, 5.41) is 0. The van der Waals surface area contributed by atoms with E-state index in [0.29, 0.717) is 5.75 Å². The molecule has 0 saturated heterocycles. The second-order valence-electron chi connectivity index (χ2n) is 2.33. The standard InChI is InChI=1S/C9H7FO3/c1-13-7-4-2-3-6(5-7)8(11)9(10)12/h2-5H,1H3. The number of carbonyl (C=O) groups excluding carboxylic acids is 2. The van der Waals surface area contributed by atoms with E-state index in [9.17, 15) is 14.0 Å². The Bertz CT molecular complexity index is 346. The number of benzene rings is 1. The number of hydrogen-bond acceptors (Lipinski definition) is 3. The van der Waals surface area contributed by atoms with Crippen LogP contribution >= 0.6 is 0 Å². The van der Waals surface area contributed by atoms with Gasteiger partial charge in [0.25, 0.3) is 5.78 Å². The third kappa shape index (κ3) is 2.11. The smallest absolute Gasteiger partial charge is 0.372 e. The Balaban J connectivity index is 3.02.